The van der Waals surface area contributed by atoms with Crippen molar-refractivity contribution in [1.82, 2.24) is 14.7 Å². The number of benzene rings is 1. The standard InChI is InChI=1S/C20H34N4O5/c1-22(11-13-29-14-12-23(2)15-19(25)26)9-10-24(16-20(27)28)8-7-17-3-5-18(21)6-4-17/h3-6H,7-16,21H2,1-2H3,(H,25,26)(H,27,28). The van der Waals surface area contributed by atoms with Gasteiger partial charge in [-0.05, 0) is 38.2 Å². The molecule has 0 aliphatic carbocycles. The highest BCUT2D eigenvalue weighted by Gasteiger charge is 2.11. The predicted molar refractivity (Wildman–Crippen MR) is 112 cm³/mol. The van der Waals surface area contributed by atoms with E-state index in [1.807, 2.05) is 36.2 Å². The molecule has 0 unspecified atom stereocenters. The van der Waals surface area contributed by atoms with Crippen molar-refractivity contribution in [3.63, 3.8) is 0 Å². The Kier molecular flexibility index (Phi) is 11.9. The molecular formula is C20H34N4O5. The number of carboxylic acids is 2. The van der Waals surface area contributed by atoms with Gasteiger partial charge in [-0.25, -0.2) is 0 Å². The summed E-state index contributed by atoms with van der Waals surface area (Å²) in [6.45, 7) is 4.36. The van der Waals surface area contributed by atoms with Crippen molar-refractivity contribution in [3.05, 3.63) is 29.8 Å². The molecule has 0 aliphatic rings. The Morgan fingerprint density at radius 1 is 0.862 bits per heavy atom. The van der Waals surface area contributed by atoms with E-state index in [1.165, 1.54) is 0 Å². The Hall–Kier alpha value is -2.20. The van der Waals surface area contributed by atoms with Crippen LogP contribution in [0.25, 0.3) is 0 Å². The summed E-state index contributed by atoms with van der Waals surface area (Å²) in [6, 6.07) is 7.63. The summed E-state index contributed by atoms with van der Waals surface area (Å²) < 4.78 is 5.55. The molecule has 0 aliphatic heterocycles. The maximum absolute atomic E-state index is 11.1. The molecule has 0 saturated carbocycles. The zero-order valence-corrected chi connectivity index (χ0v) is 17.4. The number of rotatable bonds is 16. The van der Waals surface area contributed by atoms with Gasteiger partial charge in [0.05, 0.1) is 26.3 Å². The van der Waals surface area contributed by atoms with Crippen LogP contribution in [0.3, 0.4) is 0 Å². The van der Waals surface area contributed by atoms with Gasteiger partial charge in [0.1, 0.15) is 0 Å². The fraction of sp³-hybridized carbons (Fsp3) is 0.600. The molecule has 4 N–H and O–H groups in total. The lowest BCUT2D eigenvalue weighted by molar-refractivity contribution is -0.139. The van der Waals surface area contributed by atoms with Gasteiger partial charge in [-0.15, -0.1) is 0 Å². The first-order valence-corrected chi connectivity index (χ1v) is 9.71. The SMILES string of the molecule is CN(CCOCCN(C)CC(=O)O)CCN(CCc1ccc(N)cc1)CC(=O)O. The molecule has 1 aromatic carbocycles. The molecule has 0 spiro atoms. The summed E-state index contributed by atoms with van der Waals surface area (Å²) in [5, 5.41) is 17.8. The number of nitrogen functional groups attached to an aromatic ring is 1. The Morgan fingerprint density at radius 2 is 1.45 bits per heavy atom. The Bertz CT molecular complexity index is 611. The molecule has 0 amide bonds. The van der Waals surface area contributed by atoms with E-state index in [2.05, 4.69) is 4.90 Å². The Labute approximate surface area is 172 Å². The van der Waals surface area contributed by atoms with E-state index >= 15 is 0 Å². The number of ether oxygens (including phenoxy) is 1. The maximum Gasteiger partial charge on any atom is 0.317 e. The molecular weight excluding hydrogens is 376 g/mol. The molecule has 0 saturated heterocycles. The lowest BCUT2D eigenvalue weighted by Crippen LogP contribution is -2.38. The van der Waals surface area contributed by atoms with Crippen LogP contribution in [0, 0.1) is 0 Å². The summed E-state index contributed by atoms with van der Waals surface area (Å²) >= 11 is 0. The third-order valence-electron chi connectivity index (χ3n) is 4.49. The number of carboxylic acid groups (broad SMARTS) is 2. The average molecular weight is 411 g/mol. The van der Waals surface area contributed by atoms with E-state index in [0.717, 1.165) is 25.1 Å². The van der Waals surface area contributed by atoms with Gasteiger partial charge >= 0.3 is 11.9 Å². The molecule has 164 valence electrons. The third kappa shape index (κ3) is 12.8. The number of hydrogen-bond acceptors (Lipinski definition) is 7. The fourth-order valence-corrected chi connectivity index (χ4v) is 2.71. The van der Waals surface area contributed by atoms with Crippen LogP contribution in [0.2, 0.25) is 0 Å². The minimum Gasteiger partial charge on any atom is -0.480 e. The first-order chi connectivity index (χ1) is 13.8. The zero-order valence-electron chi connectivity index (χ0n) is 17.4. The van der Waals surface area contributed by atoms with E-state index < -0.39 is 11.9 Å². The van der Waals surface area contributed by atoms with Crippen LogP contribution < -0.4 is 5.73 Å². The van der Waals surface area contributed by atoms with Gasteiger partial charge < -0.3 is 25.6 Å². The molecule has 1 aromatic rings. The maximum atomic E-state index is 11.1. The van der Waals surface area contributed by atoms with Crippen LogP contribution in [0.4, 0.5) is 5.69 Å². The summed E-state index contributed by atoms with van der Waals surface area (Å²) in [4.78, 5) is 27.4. The first kappa shape index (κ1) is 24.8. The summed E-state index contributed by atoms with van der Waals surface area (Å²) in [5.74, 6) is -1.69. The van der Waals surface area contributed by atoms with Gasteiger partial charge in [-0.3, -0.25) is 19.4 Å². The second-order valence-corrected chi connectivity index (χ2v) is 7.21. The van der Waals surface area contributed by atoms with Gasteiger partial charge in [0, 0.05) is 38.4 Å². The number of nitrogens with two attached hydrogens (primary N) is 1. The summed E-state index contributed by atoms with van der Waals surface area (Å²) in [7, 11) is 3.71. The monoisotopic (exact) mass is 410 g/mol. The molecule has 9 heteroatoms. The molecule has 0 bridgehead atoms. The largest absolute Gasteiger partial charge is 0.480 e. The van der Waals surface area contributed by atoms with E-state index in [4.69, 9.17) is 20.7 Å². The number of nitrogens with zero attached hydrogens (tertiary/aromatic N) is 3. The second-order valence-electron chi connectivity index (χ2n) is 7.21. The highest BCUT2D eigenvalue weighted by molar-refractivity contribution is 5.69. The number of hydrogen-bond donors (Lipinski definition) is 3. The van der Waals surface area contributed by atoms with Crippen LogP contribution in [0.15, 0.2) is 24.3 Å². The normalized spacial score (nSPS) is 11.5. The molecule has 1 rings (SSSR count). The molecule has 0 fully saturated rings. The minimum absolute atomic E-state index is 0.000951. The minimum atomic E-state index is -0.852. The molecule has 29 heavy (non-hydrogen) atoms. The van der Waals surface area contributed by atoms with Crippen molar-refractivity contribution in [2.75, 3.05) is 78.9 Å². The Balaban J connectivity index is 2.25. The van der Waals surface area contributed by atoms with Gasteiger partial charge in [-0.2, -0.15) is 0 Å². The van der Waals surface area contributed by atoms with Crippen molar-refractivity contribution in [1.29, 1.82) is 0 Å². The van der Waals surface area contributed by atoms with Gasteiger partial charge in [0.15, 0.2) is 0 Å². The van der Waals surface area contributed by atoms with E-state index in [1.54, 1.807) is 11.9 Å². The number of likely N-dealkylation sites (N-methyl/N-ethyl adjacent to an activating group) is 2. The summed E-state index contributed by atoms with van der Waals surface area (Å²) in [6.07, 6.45) is 0.768. The van der Waals surface area contributed by atoms with E-state index in [0.29, 0.717) is 38.5 Å². The van der Waals surface area contributed by atoms with Crippen molar-refractivity contribution in [2.45, 2.75) is 6.42 Å². The van der Waals surface area contributed by atoms with Crippen LogP contribution in [-0.4, -0.2) is 110 Å². The van der Waals surface area contributed by atoms with Gasteiger partial charge in [0.2, 0.25) is 0 Å². The number of aliphatic carboxylic acids is 2. The van der Waals surface area contributed by atoms with Crippen LogP contribution >= 0.6 is 0 Å². The van der Waals surface area contributed by atoms with Crippen LogP contribution in [0.1, 0.15) is 5.56 Å². The van der Waals surface area contributed by atoms with E-state index in [9.17, 15) is 9.59 Å². The van der Waals surface area contributed by atoms with Gasteiger partial charge in [0.25, 0.3) is 0 Å². The predicted octanol–water partition coefficient (Wildman–Crippen LogP) is 0.163. The quantitative estimate of drug-likeness (QED) is 0.259. The third-order valence-corrected chi connectivity index (χ3v) is 4.49. The second kappa shape index (κ2) is 13.9. The van der Waals surface area contributed by atoms with Gasteiger partial charge in [-0.1, -0.05) is 12.1 Å². The van der Waals surface area contributed by atoms with Crippen LogP contribution in [-0.2, 0) is 20.7 Å². The van der Waals surface area contributed by atoms with Crippen molar-refractivity contribution >= 4 is 17.6 Å². The van der Waals surface area contributed by atoms with E-state index in [-0.39, 0.29) is 13.1 Å². The first-order valence-electron chi connectivity index (χ1n) is 9.71. The highest BCUT2D eigenvalue weighted by atomic mass is 16.5. The molecule has 0 aromatic heterocycles. The fourth-order valence-electron chi connectivity index (χ4n) is 2.71. The lowest BCUT2D eigenvalue weighted by Gasteiger charge is -2.24. The topological polar surface area (TPSA) is 120 Å². The molecule has 9 nitrogen and oxygen atoms in total. The molecule has 0 heterocycles. The number of anilines is 1. The average Bonchev–Trinajstić information content (AvgIpc) is 2.64. The molecule has 0 atom stereocenters. The van der Waals surface area contributed by atoms with Crippen molar-refractivity contribution < 1.29 is 24.5 Å². The van der Waals surface area contributed by atoms with Crippen molar-refractivity contribution in [2.24, 2.45) is 0 Å². The lowest BCUT2D eigenvalue weighted by atomic mass is 10.1. The van der Waals surface area contributed by atoms with Crippen molar-refractivity contribution in [3.8, 4) is 0 Å². The highest BCUT2D eigenvalue weighted by Crippen LogP contribution is 2.07. The number of carbonyl (C=O) groups is 2. The molecule has 0 radical (unpaired) electrons. The Morgan fingerprint density at radius 3 is 2.03 bits per heavy atom. The van der Waals surface area contributed by atoms with Crippen LogP contribution in [0.5, 0.6) is 0 Å². The smallest absolute Gasteiger partial charge is 0.317 e. The summed E-state index contributed by atoms with van der Waals surface area (Å²) in [5.41, 5.74) is 7.54. The zero-order chi connectivity index (χ0) is 21.6.